The number of hydrogen-bond acceptors (Lipinski definition) is 3. The van der Waals surface area contributed by atoms with Crippen LogP contribution in [-0.4, -0.2) is 18.2 Å². The van der Waals surface area contributed by atoms with Gasteiger partial charge in [0, 0.05) is 42.2 Å². The molecule has 0 radical (unpaired) electrons. The van der Waals surface area contributed by atoms with Crippen LogP contribution in [0.5, 0.6) is 0 Å². The highest BCUT2D eigenvalue weighted by atomic mass is 19.3. The highest BCUT2D eigenvalue weighted by Crippen LogP contribution is 2.35. The maximum atomic E-state index is 14.5. The number of halogens is 3. The Morgan fingerprint density at radius 1 is 1.14 bits per heavy atom. The van der Waals surface area contributed by atoms with Crippen LogP contribution in [-0.2, 0) is 0 Å². The second-order valence-corrected chi connectivity index (χ2v) is 7.48. The van der Waals surface area contributed by atoms with E-state index < -0.39 is 5.92 Å². The number of aliphatic imine (C=N–C) groups is 1. The molecule has 2 aromatic rings. The molecule has 0 unspecified atom stereocenters. The Labute approximate surface area is 169 Å². The van der Waals surface area contributed by atoms with Gasteiger partial charge in [-0.1, -0.05) is 6.58 Å². The smallest absolute Gasteiger partial charge is 0.248 e. The Bertz CT molecular complexity index is 894. The van der Waals surface area contributed by atoms with Crippen molar-refractivity contribution < 1.29 is 13.2 Å². The van der Waals surface area contributed by atoms with E-state index in [0.29, 0.717) is 29.8 Å². The SMILES string of the molecule is C=C(Nc1ccc(NC2CCC(F)(F)CC2)cc1)c1c(F)cc(C)cc1N=CC. The number of alkyl halides is 2. The van der Waals surface area contributed by atoms with Gasteiger partial charge in [-0.2, -0.15) is 0 Å². The molecule has 6 heteroatoms. The number of benzene rings is 2. The van der Waals surface area contributed by atoms with Crippen LogP contribution in [0.25, 0.3) is 5.70 Å². The van der Waals surface area contributed by atoms with E-state index in [1.54, 1.807) is 13.1 Å². The molecule has 2 aromatic carbocycles. The van der Waals surface area contributed by atoms with E-state index in [4.69, 9.17) is 0 Å². The first-order valence-corrected chi connectivity index (χ1v) is 9.77. The third-order valence-electron chi connectivity index (χ3n) is 5.05. The first-order chi connectivity index (χ1) is 13.8. The summed E-state index contributed by atoms with van der Waals surface area (Å²) in [4.78, 5) is 4.25. The fraction of sp³-hybridized carbons (Fsp3) is 0.348. The highest BCUT2D eigenvalue weighted by Gasteiger charge is 2.34. The lowest BCUT2D eigenvalue weighted by Crippen LogP contribution is -2.31. The highest BCUT2D eigenvalue weighted by molar-refractivity contribution is 5.83. The topological polar surface area (TPSA) is 36.4 Å². The molecule has 0 heterocycles. The molecule has 1 aliphatic rings. The number of aryl methyl sites for hydroxylation is 1. The summed E-state index contributed by atoms with van der Waals surface area (Å²) in [5, 5.41) is 6.43. The van der Waals surface area contributed by atoms with Crippen LogP contribution < -0.4 is 10.6 Å². The number of rotatable bonds is 6. The number of nitrogens with zero attached hydrogens (tertiary/aromatic N) is 1. The predicted octanol–water partition coefficient (Wildman–Crippen LogP) is 6.93. The molecule has 1 fully saturated rings. The molecule has 154 valence electrons. The van der Waals surface area contributed by atoms with Crippen molar-refractivity contribution in [2.24, 2.45) is 4.99 Å². The average Bonchev–Trinajstić information content (AvgIpc) is 2.65. The normalized spacial score (nSPS) is 16.7. The second kappa shape index (κ2) is 8.72. The molecule has 29 heavy (non-hydrogen) atoms. The van der Waals surface area contributed by atoms with Crippen LogP contribution >= 0.6 is 0 Å². The fourth-order valence-electron chi connectivity index (χ4n) is 3.57. The third kappa shape index (κ3) is 5.40. The van der Waals surface area contributed by atoms with Crippen LogP contribution in [0.1, 0.15) is 43.7 Å². The molecule has 0 spiro atoms. The van der Waals surface area contributed by atoms with Crippen LogP contribution in [0, 0.1) is 12.7 Å². The Morgan fingerprint density at radius 2 is 1.76 bits per heavy atom. The summed E-state index contributed by atoms with van der Waals surface area (Å²) in [5.74, 6) is -2.91. The molecule has 0 aliphatic heterocycles. The molecule has 2 N–H and O–H groups in total. The van der Waals surface area contributed by atoms with E-state index in [1.807, 2.05) is 37.3 Å². The summed E-state index contributed by atoms with van der Waals surface area (Å²) in [6, 6.07) is 10.8. The standard InChI is InChI=1S/C23H26F3N3/c1-4-27-21-14-15(2)13-20(24)22(21)16(3)28-17-5-7-18(8-6-17)29-19-9-11-23(25,26)12-10-19/h4-8,13-14,19,28-29H,3,9-12H2,1-2H3. The summed E-state index contributed by atoms with van der Waals surface area (Å²) >= 11 is 0. The largest absolute Gasteiger partial charge is 0.382 e. The quantitative estimate of drug-likeness (QED) is 0.515. The zero-order valence-corrected chi connectivity index (χ0v) is 16.7. The molecule has 0 atom stereocenters. The van der Waals surface area contributed by atoms with E-state index in [2.05, 4.69) is 22.2 Å². The number of anilines is 2. The molecular weight excluding hydrogens is 375 g/mol. The van der Waals surface area contributed by atoms with Crippen molar-refractivity contribution in [1.82, 2.24) is 0 Å². The lowest BCUT2D eigenvalue weighted by Gasteiger charge is -2.29. The molecule has 0 bridgehead atoms. The minimum atomic E-state index is -2.53. The number of nitrogens with one attached hydrogen (secondary N) is 2. The molecule has 0 amide bonds. The van der Waals surface area contributed by atoms with Gasteiger partial charge in [-0.3, -0.25) is 4.99 Å². The summed E-state index contributed by atoms with van der Waals surface area (Å²) in [5.41, 5.74) is 3.68. The van der Waals surface area contributed by atoms with Gasteiger partial charge in [0.25, 0.3) is 0 Å². The maximum absolute atomic E-state index is 14.5. The van der Waals surface area contributed by atoms with Gasteiger partial charge in [0.1, 0.15) is 5.82 Å². The van der Waals surface area contributed by atoms with Gasteiger partial charge >= 0.3 is 0 Å². The van der Waals surface area contributed by atoms with Crippen LogP contribution in [0.4, 0.5) is 30.2 Å². The minimum absolute atomic E-state index is 0.0551. The molecule has 3 nitrogen and oxygen atoms in total. The fourth-order valence-corrected chi connectivity index (χ4v) is 3.57. The lowest BCUT2D eigenvalue weighted by molar-refractivity contribution is -0.0360. The maximum Gasteiger partial charge on any atom is 0.248 e. The van der Waals surface area contributed by atoms with Crippen molar-refractivity contribution in [2.45, 2.75) is 51.5 Å². The molecule has 0 saturated heterocycles. The Hall–Kier alpha value is -2.76. The van der Waals surface area contributed by atoms with Gasteiger partial charge in [-0.05, 0) is 68.7 Å². The minimum Gasteiger partial charge on any atom is -0.382 e. The van der Waals surface area contributed by atoms with Gasteiger partial charge in [-0.25, -0.2) is 13.2 Å². The summed E-state index contributed by atoms with van der Waals surface area (Å²) < 4.78 is 41.1. The van der Waals surface area contributed by atoms with Crippen molar-refractivity contribution in [3.05, 3.63) is 59.9 Å². The second-order valence-electron chi connectivity index (χ2n) is 7.48. The van der Waals surface area contributed by atoms with Gasteiger partial charge in [0.15, 0.2) is 0 Å². The van der Waals surface area contributed by atoms with Crippen molar-refractivity contribution >= 4 is 29.0 Å². The van der Waals surface area contributed by atoms with Gasteiger partial charge in [0.05, 0.1) is 11.3 Å². The third-order valence-corrected chi connectivity index (χ3v) is 5.05. The van der Waals surface area contributed by atoms with E-state index in [9.17, 15) is 13.2 Å². The van der Waals surface area contributed by atoms with Crippen molar-refractivity contribution in [1.29, 1.82) is 0 Å². The molecule has 1 saturated carbocycles. The van der Waals surface area contributed by atoms with Gasteiger partial charge in [-0.15, -0.1) is 0 Å². The monoisotopic (exact) mass is 401 g/mol. The van der Waals surface area contributed by atoms with Gasteiger partial charge in [0.2, 0.25) is 5.92 Å². The molecule has 1 aliphatic carbocycles. The Balaban J connectivity index is 1.67. The summed E-state index contributed by atoms with van der Waals surface area (Å²) in [6.07, 6.45) is 2.38. The predicted molar refractivity (Wildman–Crippen MR) is 115 cm³/mol. The Morgan fingerprint density at radius 3 is 2.38 bits per heavy atom. The summed E-state index contributed by atoms with van der Waals surface area (Å²) in [6.45, 7) is 7.57. The van der Waals surface area contributed by atoms with Crippen molar-refractivity contribution in [3.8, 4) is 0 Å². The zero-order valence-electron chi connectivity index (χ0n) is 16.7. The van der Waals surface area contributed by atoms with Crippen molar-refractivity contribution in [3.63, 3.8) is 0 Å². The van der Waals surface area contributed by atoms with Crippen LogP contribution in [0.3, 0.4) is 0 Å². The van der Waals surface area contributed by atoms with Crippen molar-refractivity contribution in [2.75, 3.05) is 10.6 Å². The van der Waals surface area contributed by atoms with Crippen LogP contribution in [0.15, 0.2) is 48.0 Å². The van der Waals surface area contributed by atoms with E-state index in [0.717, 1.165) is 16.9 Å². The first kappa shape index (κ1) is 21.0. The number of hydrogen-bond donors (Lipinski definition) is 2. The Kier molecular flexibility index (Phi) is 6.30. The molecule has 3 rings (SSSR count). The first-order valence-electron chi connectivity index (χ1n) is 9.77. The summed E-state index contributed by atoms with van der Waals surface area (Å²) in [7, 11) is 0. The molecule has 0 aromatic heterocycles. The average molecular weight is 401 g/mol. The van der Waals surface area contributed by atoms with Crippen LogP contribution in [0.2, 0.25) is 0 Å². The van der Waals surface area contributed by atoms with Gasteiger partial charge < -0.3 is 10.6 Å². The van der Waals surface area contributed by atoms with E-state index in [1.165, 1.54) is 6.07 Å². The van der Waals surface area contributed by atoms with E-state index >= 15 is 0 Å². The molecular formula is C23H26F3N3. The lowest BCUT2D eigenvalue weighted by atomic mass is 9.92. The van der Waals surface area contributed by atoms with E-state index in [-0.39, 0.29) is 24.7 Å². The zero-order chi connectivity index (χ0) is 21.0.